The first-order valence-corrected chi connectivity index (χ1v) is 6.80. The molecule has 0 bridgehead atoms. The van der Waals surface area contributed by atoms with Crippen LogP contribution in [-0.2, 0) is 5.67 Å². The summed E-state index contributed by atoms with van der Waals surface area (Å²) in [7, 11) is 0. The smallest absolute Gasteiger partial charge is 0.156 e. The van der Waals surface area contributed by atoms with Crippen LogP contribution in [0.5, 0.6) is 0 Å². The first kappa shape index (κ1) is 14.0. The number of hydrogen-bond acceptors (Lipinski definition) is 2. The zero-order valence-corrected chi connectivity index (χ0v) is 12.0. The van der Waals surface area contributed by atoms with Crippen LogP contribution in [0.25, 0.3) is 0 Å². The highest BCUT2D eigenvalue weighted by atomic mass is 79.9. The summed E-state index contributed by atoms with van der Waals surface area (Å²) in [4.78, 5) is 1.09. The lowest BCUT2D eigenvalue weighted by molar-refractivity contribution is 0.0867. The Bertz CT molecular complexity index is 366. The summed E-state index contributed by atoms with van der Waals surface area (Å²) in [5.41, 5.74) is -1.18. The fourth-order valence-corrected chi connectivity index (χ4v) is 2.75. The largest absolute Gasteiger partial charge is 0.393 e. The van der Waals surface area contributed by atoms with Gasteiger partial charge in [0.25, 0.3) is 0 Å². The predicted octanol–water partition coefficient (Wildman–Crippen LogP) is 4.13. The third-order valence-corrected chi connectivity index (χ3v) is 4.19. The molecule has 0 fully saturated rings. The molecule has 1 aromatic carbocycles. The van der Waals surface area contributed by atoms with Crippen LogP contribution in [0.15, 0.2) is 27.6 Å². The average Bonchev–Trinajstić information content (AvgIpc) is 2.20. The molecule has 0 amide bonds. The molecule has 0 aliphatic rings. The van der Waals surface area contributed by atoms with Gasteiger partial charge in [-0.1, -0.05) is 19.9 Å². The normalized spacial score (nSPS) is 15.2. The van der Waals surface area contributed by atoms with E-state index in [1.165, 1.54) is 6.92 Å². The summed E-state index contributed by atoms with van der Waals surface area (Å²) in [6.45, 7) is 5.09. The van der Waals surface area contributed by atoms with Gasteiger partial charge in [0, 0.05) is 14.6 Å². The number of thioether (sulfide) groups is 1. The second kappa shape index (κ2) is 5.52. The van der Waals surface area contributed by atoms with Crippen molar-refractivity contribution in [3.05, 3.63) is 28.2 Å². The molecule has 0 saturated carbocycles. The number of aliphatic hydroxyl groups is 1. The molecule has 0 aliphatic heterocycles. The number of benzene rings is 1. The maximum absolute atomic E-state index is 13.8. The summed E-state index contributed by atoms with van der Waals surface area (Å²) in [6, 6.07) is 5.35. The van der Waals surface area contributed by atoms with Crippen molar-refractivity contribution >= 4 is 27.7 Å². The van der Waals surface area contributed by atoms with E-state index in [1.54, 1.807) is 23.9 Å². The first-order chi connectivity index (χ1) is 7.36. The summed E-state index contributed by atoms with van der Waals surface area (Å²) < 4.78 is 14.7. The van der Waals surface area contributed by atoms with Gasteiger partial charge in [-0.2, -0.15) is 0 Å². The summed E-state index contributed by atoms with van der Waals surface area (Å²) in [5.74, 6) is 0. The second-order valence-electron chi connectivity index (χ2n) is 4.17. The topological polar surface area (TPSA) is 20.2 Å². The maximum Gasteiger partial charge on any atom is 0.156 e. The van der Waals surface area contributed by atoms with E-state index in [1.807, 2.05) is 6.07 Å². The van der Waals surface area contributed by atoms with Gasteiger partial charge < -0.3 is 5.11 Å². The van der Waals surface area contributed by atoms with Crippen molar-refractivity contribution in [2.24, 2.45) is 0 Å². The van der Waals surface area contributed by atoms with Crippen LogP contribution in [0.1, 0.15) is 26.3 Å². The molecule has 4 heteroatoms. The highest BCUT2D eigenvalue weighted by Gasteiger charge is 2.25. The molecule has 0 spiro atoms. The number of halogens is 2. The van der Waals surface area contributed by atoms with Crippen molar-refractivity contribution in [2.45, 2.75) is 36.6 Å². The molecule has 0 heterocycles. The molecular weight excluding hydrogens is 291 g/mol. The van der Waals surface area contributed by atoms with E-state index >= 15 is 0 Å². The van der Waals surface area contributed by atoms with Crippen LogP contribution in [0, 0.1) is 0 Å². The Hall–Kier alpha value is -0.0600. The van der Waals surface area contributed by atoms with Crippen molar-refractivity contribution in [2.75, 3.05) is 6.61 Å². The van der Waals surface area contributed by atoms with Crippen LogP contribution >= 0.6 is 27.7 Å². The van der Waals surface area contributed by atoms with Crippen molar-refractivity contribution in [1.29, 1.82) is 0 Å². The number of aliphatic hydroxyl groups excluding tert-OH is 1. The monoisotopic (exact) mass is 306 g/mol. The molecule has 1 nitrogen and oxygen atoms in total. The average molecular weight is 307 g/mol. The van der Waals surface area contributed by atoms with E-state index in [-0.39, 0.29) is 0 Å². The molecular formula is C12H16BrFOS. The Kier molecular flexibility index (Phi) is 4.83. The molecule has 1 N–H and O–H groups in total. The van der Waals surface area contributed by atoms with Crippen LogP contribution < -0.4 is 0 Å². The summed E-state index contributed by atoms with van der Waals surface area (Å²) >= 11 is 5.15. The molecule has 1 atom stereocenters. The lowest BCUT2D eigenvalue weighted by Gasteiger charge is -2.19. The van der Waals surface area contributed by atoms with Gasteiger partial charge in [-0.05, 0) is 40.5 Å². The van der Waals surface area contributed by atoms with Crippen LogP contribution in [0.4, 0.5) is 4.39 Å². The van der Waals surface area contributed by atoms with Crippen LogP contribution in [-0.4, -0.2) is 17.0 Å². The Labute approximate surface area is 109 Å². The van der Waals surface area contributed by atoms with E-state index in [9.17, 15) is 4.39 Å². The van der Waals surface area contributed by atoms with Gasteiger partial charge in [-0.3, -0.25) is 0 Å². The molecule has 0 aromatic heterocycles. The van der Waals surface area contributed by atoms with Gasteiger partial charge in [-0.25, -0.2) is 4.39 Å². The molecule has 90 valence electrons. The van der Waals surface area contributed by atoms with E-state index in [0.717, 1.165) is 9.37 Å². The van der Waals surface area contributed by atoms with Crippen molar-refractivity contribution in [3.8, 4) is 0 Å². The minimum Gasteiger partial charge on any atom is -0.393 e. The lowest BCUT2D eigenvalue weighted by atomic mass is 9.99. The van der Waals surface area contributed by atoms with Crippen LogP contribution in [0.2, 0.25) is 0 Å². The van der Waals surface area contributed by atoms with Gasteiger partial charge >= 0.3 is 0 Å². The Morgan fingerprint density at radius 2 is 2.12 bits per heavy atom. The SMILES string of the molecule is CC(C)Sc1ccc(C(C)(F)CO)cc1Br. The highest BCUT2D eigenvalue weighted by molar-refractivity contribution is 9.10. The molecule has 1 aromatic rings. The quantitative estimate of drug-likeness (QED) is 0.844. The van der Waals surface area contributed by atoms with Gasteiger partial charge in [0.1, 0.15) is 0 Å². The first-order valence-electron chi connectivity index (χ1n) is 5.13. The Morgan fingerprint density at radius 1 is 1.50 bits per heavy atom. The third-order valence-electron chi connectivity index (χ3n) is 2.19. The molecule has 16 heavy (non-hydrogen) atoms. The molecule has 1 unspecified atom stereocenters. The third kappa shape index (κ3) is 3.47. The zero-order valence-electron chi connectivity index (χ0n) is 9.63. The number of rotatable bonds is 4. The lowest BCUT2D eigenvalue weighted by Crippen LogP contribution is -2.20. The van der Waals surface area contributed by atoms with Crippen molar-refractivity contribution in [1.82, 2.24) is 0 Å². The van der Waals surface area contributed by atoms with Crippen molar-refractivity contribution < 1.29 is 9.50 Å². The van der Waals surface area contributed by atoms with Gasteiger partial charge in [0.15, 0.2) is 5.67 Å². The van der Waals surface area contributed by atoms with Gasteiger partial charge in [0.05, 0.1) is 6.61 Å². The molecule has 0 aliphatic carbocycles. The minimum absolute atomic E-state index is 0.483. The predicted molar refractivity (Wildman–Crippen MR) is 70.7 cm³/mol. The molecule has 0 radical (unpaired) electrons. The Morgan fingerprint density at radius 3 is 2.56 bits per heavy atom. The van der Waals surface area contributed by atoms with Gasteiger partial charge in [0.2, 0.25) is 0 Å². The maximum atomic E-state index is 13.8. The second-order valence-corrected chi connectivity index (χ2v) is 6.64. The van der Waals surface area contributed by atoms with E-state index in [0.29, 0.717) is 10.8 Å². The molecule has 1 rings (SSSR count). The van der Waals surface area contributed by atoms with E-state index in [4.69, 9.17) is 5.11 Å². The fraction of sp³-hybridized carbons (Fsp3) is 0.500. The highest BCUT2D eigenvalue weighted by Crippen LogP contribution is 2.34. The van der Waals surface area contributed by atoms with Crippen molar-refractivity contribution in [3.63, 3.8) is 0 Å². The van der Waals surface area contributed by atoms with Crippen LogP contribution in [0.3, 0.4) is 0 Å². The van der Waals surface area contributed by atoms with E-state index in [2.05, 4.69) is 29.8 Å². The fourth-order valence-electron chi connectivity index (χ4n) is 1.27. The molecule has 0 saturated heterocycles. The summed E-state index contributed by atoms with van der Waals surface area (Å²) in [6.07, 6.45) is 0. The number of hydrogen-bond donors (Lipinski definition) is 1. The summed E-state index contributed by atoms with van der Waals surface area (Å²) in [5, 5.41) is 9.44. The number of alkyl halides is 1. The zero-order chi connectivity index (χ0) is 12.3. The standard InChI is InChI=1S/C12H16BrFOS/c1-8(2)16-11-5-4-9(6-10(11)13)12(3,14)7-15/h4-6,8,15H,7H2,1-3H3. The Balaban J connectivity index is 2.99. The minimum atomic E-state index is -1.68. The van der Waals surface area contributed by atoms with E-state index < -0.39 is 12.3 Å². The van der Waals surface area contributed by atoms with Gasteiger partial charge in [-0.15, -0.1) is 11.8 Å².